The summed E-state index contributed by atoms with van der Waals surface area (Å²) in [4.78, 5) is 0. The Labute approximate surface area is 163 Å². The van der Waals surface area contributed by atoms with E-state index in [0.29, 0.717) is 4.59 Å². The van der Waals surface area contributed by atoms with E-state index in [9.17, 15) is 0 Å². The van der Waals surface area contributed by atoms with Crippen LogP contribution >= 0.6 is 24.0 Å². The van der Waals surface area contributed by atoms with Crippen molar-refractivity contribution in [1.29, 1.82) is 0 Å². The van der Waals surface area contributed by atoms with Crippen LogP contribution in [0.3, 0.4) is 0 Å². The number of halogens is 1. The van der Waals surface area contributed by atoms with Crippen LogP contribution in [0.5, 0.6) is 0 Å². The number of fused-ring (bicyclic) bond motifs is 1. The molecule has 0 radical (unpaired) electrons. The molecule has 0 amide bonds. The Morgan fingerprint density at radius 2 is 1.30 bits per heavy atom. The van der Waals surface area contributed by atoms with Crippen molar-refractivity contribution in [1.82, 2.24) is 0 Å². The number of hydrogen-bond donors (Lipinski definition) is 0. The number of allylic oxidation sites excluding steroid dienone is 1. The molecular weight excluding hydrogens is 386 g/mol. The number of hydrogen-bond acceptors (Lipinski definition) is 0. The Bertz CT molecular complexity index is 853. The second-order valence-corrected chi connectivity index (χ2v) is 5.87. The first-order chi connectivity index (χ1) is 10.8. The van der Waals surface area contributed by atoms with Gasteiger partial charge >= 0.3 is 141 Å². The molecule has 0 spiro atoms. The Hall–Kier alpha value is -1.27. The summed E-state index contributed by atoms with van der Waals surface area (Å²) in [5.74, 6) is 0. The SMILES string of the molecule is I.[Li][CH]1C=Cc2c(-c3ccccc3-c3ccccc3)cccc21. The van der Waals surface area contributed by atoms with Crippen LogP contribution in [0.1, 0.15) is 15.7 Å². The van der Waals surface area contributed by atoms with Gasteiger partial charge in [0, 0.05) is 0 Å². The third kappa shape index (κ3) is 3.06. The first kappa shape index (κ1) is 16.6. The van der Waals surface area contributed by atoms with E-state index in [1.54, 1.807) is 0 Å². The summed E-state index contributed by atoms with van der Waals surface area (Å²) in [6.07, 6.45) is 4.57. The Morgan fingerprint density at radius 1 is 0.652 bits per heavy atom. The van der Waals surface area contributed by atoms with Crippen molar-refractivity contribution in [3.63, 3.8) is 0 Å². The van der Waals surface area contributed by atoms with E-state index in [4.69, 9.17) is 0 Å². The predicted octanol–water partition coefficient (Wildman–Crippen LogP) is 5.88. The summed E-state index contributed by atoms with van der Waals surface area (Å²) < 4.78 is 0.513. The monoisotopic (exact) mass is 402 g/mol. The van der Waals surface area contributed by atoms with Crippen LogP contribution in [-0.4, -0.2) is 17.7 Å². The summed E-state index contributed by atoms with van der Waals surface area (Å²) >= 11 is 2.26. The van der Waals surface area contributed by atoms with E-state index >= 15 is 0 Å². The van der Waals surface area contributed by atoms with Crippen LogP contribution in [-0.2, 0) is 0 Å². The van der Waals surface area contributed by atoms with Crippen molar-refractivity contribution < 1.29 is 0 Å². The van der Waals surface area contributed by atoms with Gasteiger partial charge in [-0.2, -0.15) is 0 Å². The van der Waals surface area contributed by atoms with Crippen molar-refractivity contribution in [3.05, 3.63) is 90.0 Å². The van der Waals surface area contributed by atoms with Crippen LogP contribution in [0.2, 0.25) is 0 Å². The van der Waals surface area contributed by atoms with Gasteiger partial charge in [-0.05, 0) is 0 Å². The average molecular weight is 402 g/mol. The van der Waals surface area contributed by atoms with E-state index < -0.39 is 0 Å². The number of benzene rings is 3. The minimum absolute atomic E-state index is 0. The van der Waals surface area contributed by atoms with Crippen molar-refractivity contribution >= 4 is 47.8 Å². The fourth-order valence-corrected chi connectivity index (χ4v) is 3.33. The molecule has 0 bridgehead atoms. The van der Waals surface area contributed by atoms with E-state index in [2.05, 4.69) is 103 Å². The molecule has 1 atom stereocenters. The van der Waals surface area contributed by atoms with Gasteiger partial charge in [-0.1, -0.05) is 0 Å². The summed E-state index contributed by atoms with van der Waals surface area (Å²) in [7, 11) is 0. The van der Waals surface area contributed by atoms with Crippen molar-refractivity contribution in [2.45, 2.75) is 4.59 Å². The first-order valence-corrected chi connectivity index (χ1v) is 7.80. The van der Waals surface area contributed by atoms with Gasteiger partial charge in [0.05, 0.1) is 0 Å². The van der Waals surface area contributed by atoms with E-state index in [-0.39, 0.29) is 24.0 Å². The molecule has 0 nitrogen and oxygen atoms in total. The third-order valence-corrected chi connectivity index (χ3v) is 4.48. The van der Waals surface area contributed by atoms with Gasteiger partial charge in [-0.15, -0.1) is 24.0 Å². The maximum absolute atomic E-state index is 2.29. The van der Waals surface area contributed by atoms with Gasteiger partial charge in [0.15, 0.2) is 0 Å². The quantitative estimate of drug-likeness (QED) is 0.371. The molecule has 23 heavy (non-hydrogen) atoms. The average Bonchev–Trinajstić information content (AvgIpc) is 2.97. The van der Waals surface area contributed by atoms with Crippen molar-refractivity contribution in [3.8, 4) is 22.3 Å². The van der Waals surface area contributed by atoms with Crippen LogP contribution < -0.4 is 0 Å². The summed E-state index contributed by atoms with van der Waals surface area (Å²) in [5.41, 5.74) is 8.01. The van der Waals surface area contributed by atoms with Crippen LogP contribution in [0, 0.1) is 0 Å². The second kappa shape index (κ2) is 7.09. The topological polar surface area (TPSA) is 0 Å². The van der Waals surface area contributed by atoms with Gasteiger partial charge in [-0.3, -0.25) is 0 Å². The minimum atomic E-state index is 0. The Kier molecular flexibility index (Phi) is 5.11. The van der Waals surface area contributed by atoms with Crippen LogP contribution in [0.15, 0.2) is 78.9 Å². The molecule has 0 fully saturated rings. The summed E-state index contributed by atoms with van der Waals surface area (Å²) in [6, 6.07) is 26.0. The Morgan fingerprint density at radius 3 is 2.09 bits per heavy atom. The fourth-order valence-electron chi connectivity index (χ4n) is 3.33. The van der Waals surface area contributed by atoms with Gasteiger partial charge in [0.2, 0.25) is 0 Å². The Balaban J connectivity index is 0.00000156. The molecule has 1 aliphatic rings. The van der Waals surface area contributed by atoms with E-state index in [0.717, 1.165) is 0 Å². The predicted molar refractivity (Wildman–Crippen MR) is 110 cm³/mol. The van der Waals surface area contributed by atoms with E-state index in [1.807, 2.05) is 0 Å². The standard InChI is InChI=1S/C21H15.HI.Li/c1-2-8-16(9-3-1)18-12-4-5-13-20(18)21-15-7-11-17-10-6-14-19(17)21;;/h1-15H;1H;. The molecule has 0 heterocycles. The molecule has 0 saturated carbocycles. The molecule has 0 aliphatic heterocycles. The zero-order chi connectivity index (χ0) is 14.9. The molecule has 0 aromatic heterocycles. The molecule has 0 N–H and O–H groups in total. The summed E-state index contributed by atoms with van der Waals surface area (Å²) in [5, 5.41) is 0. The van der Waals surface area contributed by atoms with E-state index in [1.165, 1.54) is 33.4 Å². The second-order valence-electron chi connectivity index (χ2n) is 5.87. The maximum atomic E-state index is 2.29. The molecule has 2 heteroatoms. The zero-order valence-corrected chi connectivity index (χ0v) is 15.4. The van der Waals surface area contributed by atoms with Gasteiger partial charge in [0.1, 0.15) is 0 Å². The fraction of sp³-hybridized carbons (Fsp3) is 0.0476. The first-order valence-electron chi connectivity index (χ1n) is 7.80. The van der Waals surface area contributed by atoms with Gasteiger partial charge in [0.25, 0.3) is 0 Å². The third-order valence-electron chi connectivity index (χ3n) is 4.48. The molecular formula is C21H16ILi. The van der Waals surface area contributed by atoms with Crippen molar-refractivity contribution in [2.75, 3.05) is 0 Å². The normalized spacial score (nSPS) is 15.1. The molecule has 1 unspecified atom stereocenters. The van der Waals surface area contributed by atoms with Crippen LogP contribution in [0.25, 0.3) is 28.3 Å². The number of rotatable bonds is 2. The van der Waals surface area contributed by atoms with Crippen LogP contribution in [0.4, 0.5) is 0 Å². The molecule has 3 aromatic rings. The molecule has 3 aromatic carbocycles. The zero-order valence-electron chi connectivity index (χ0n) is 13.1. The van der Waals surface area contributed by atoms with Gasteiger partial charge < -0.3 is 0 Å². The molecule has 1 aliphatic carbocycles. The van der Waals surface area contributed by atoms with Crippen molar-refractivity contribution in [2.24, 2.45) is 0 Å². The molecule has 0 saturated heterocycles. The summed E-state index contributed by atoms with van der Waals surface area (Å²) in [6.45, 7) is 0. The molecule has 108 valence electrons. The van der Waals surface area contributed by atoms with Gasteiger partial charge in [-0.25, -0.2) is 0 Å². The molecule has 4 rings (SSSR count).